The molecule has 1 unspecified atom stereocenters. The molecule has 0 amide bonds. The number of carbonyl (C=O) groups excluding carboxylic acids is 1. The smallest absolute Gasteiger partial charge is 0.174 e. The molecule has 6 nitrogen and oxygen atoms in total. The van der Waals surface area contributed by atoms with Crippen molar-refractivity contribution in [1.82, 2.24) is 0 Å². The van der Waals surface area contributed by atoms with Crippen LogP contribution in [0.1, 0.15) is 58.8 Å². The molecule has 158 valence electrons. The first kappa shape index (κ1) is 20.4. The van der Waals surface area contributed by atoms with E-state index >= 15 is 0 Å². The Hall–Kier alpha value is -2.83. The molecule has 2 N–H and O–H groups in total. The fourth-order valence-electron chi connectivity index (χ4n) is 4.12. The zero-order valence-corrected chi connectivity index (χ0v) is 17.4. The van der Waals surface area contributed by atoms with Crippen LogP contribution in [0.2, 0.25) is 0 Å². The molecule has 1 atom stereocenters. The zero-order chi connectivity index (χ0) is 21.5. The van der Waals surface area contributed by atoms with Gasteiger partial charge in [-0.25, -0.2) is 0 Å². The topological polar surface area (TPSA) is 85.2 Å². The van der Waals surface area contributed by atoms with Gasteiger partial charge < -0.3 is 24.4 Å². The Labute approximate surface area is 175 Å². The summed E-state index contributed by atoms with van der Waals surface area (Å²) in [5, 5.41) is 19.2. The third-order valence-electron chi connectivity index (χ3n) is 5.68. The van der Waals surface area contributed by atoms with Crippen LogP contribution >= 0.6 is 0 Å². The van der Waals surface area contributed by atoms with Gasteiger partial charge in [0.05, 0.1) is 44.0 Å². The minimum Gasteiger partial charge on any atom is -0.495 e. The lowest BCUT2D eigenvalue weighted by Crippen LogP contribution is -2.28. The maximum absolute atomic E-state index is 13.6. The summed E-state index contributed by atoms with van der Waals surface area (Å²) in [6.45, 7) is 3.92. The number of aliphatic hydroxyl groups is 2. The maximum Gasteiger partial charge on any atom is 0.174 e. The van der Waals surface area contributed by atoms with Crippen LogP contribution in [0.4, 0.5) is 0 Å². The molecule has 2 aromatic carbocycles. The van der Waals surface area contributed by atoms with E-state index in [1.54, 1.807) is 25.3 Å². The fraction of sp³-hybridized carbons (Fsp3) is 0.375. The molecule has 6 heteroatoms. The second-order valence-electron chi connectivity index (χ2n) is 8.13. The van der Waals surface area contributed by atoms with E-state index in [0.717, 1.165) is 11.1 Å². The largest absolute Gasteiger partial charge is 0.495 e. The van der Waals surface area contributed by atoms with Gasteiger partial charge in [0.2, 0.25) is 0 Å². The van der Waals surface area contributed by atoms with E-state index in [2.05, 4.69) is 0 Å². The number of hydrogen-bond donors (Lipinski definition) is 2. The molecule has 0 saturated heterocycles. The van der Waals surface area contributed by atoms with Gasteiger partial charge in [0.25, 0.3) is 0 Å². The summed E-state index contributed by atoms with van der Waals surface area (Å²) in [7, 11) is 1.55. The van der Waals surface area contributed by atoms with E-state index in [4.69, 9.17) is 14.2 Å². The van der Waals surface area contributed by atoms with Gasteiger partial charge in [-0.2, -0.15) is 0 Å². The molecule has 2 aliphatic rings. The molecule has 4 rings (SSSR count). The molecule has 0 saturated carbocycles. The standard InChI is InChI=1S/C24H26O6/c1-24(2)8-6-17-20(30-24)5-4-18(23(17)28-3)22(27)16-7-9-29-21-11-15(13-26)14(12-25)10-19(16)21/h4-6,8,10-11,16,25-26H,7,9,12-13H2,1-3H3. The minimum atomic E-state index is -0.427. The highest BCUT2D eigenvalue weighted by atomic mass is 16.5. The third-order valence-corrected chi connectivity index (χ3v) is 5.68. The Morgan fingerprint density at radius 2 is 1.90 bits per heavy atom. The molecule has 2 aromatic rings. The van der Waals surface area contributed by atoms with E-state index in [0.29, 0.717) is 47.0 Å². The molecular weight excluding hydrogens is 384 g/mol. The Morgan fingerprint density at radius 3 is 2.60 bits per heavy atom. The van der Waals surface area contributed by atoms with Crippen LogP contribution in [-0.2, 0) is 13.2 Å². The number of methoxy groups -OCH3 is 1. The average molecular weight is 410 g/mol. The van der Waals surface area contributed by atoms with E-state index in [1.165, 1.54) is 0 Å². The van der Waals surface area contributed by atoms with Gasteiger partial charge in [0.1, 0.15) is 22.8 Å². The number of carbonyl (C=O) groups is 1. The molecule has 30 heavy (non-hydrogen) atoms. The highest BCUT2D eigenvalue weighted by molar-refractivity contribution is 6.05. The first-order valence-corrected chi connectivity index (χ1v) is 10.0. The monoisotopic (exact) mass is 410 g/mol. The summed E-state index contributed by atoms with van der Waals surface area (Å²) >= 11 is 0. The molecule has 2 heterocycles. The predicted octanol–water partition coefficient (Wildman–Crippen LogP) is 3.61. The van der Waals surface area contributed by atoms with Crippen LogP contribution in [0.5, 0.6) is 17.2 Å². The summed E-state index contributed by atoms with van der Waals surface area (Å²) in [5.41, 5.74) is 2.73. The molecule has 0 aliphatic carbocycles. The summed E-state index contributed by atoms with van der Waals surface area (Å²) in [6.07, 6.45) is 4.40. The Bertz CT molecular complexity index is 1020. The van der Waals surface area contributed by atoms with Gasteiger partial charge in [-0.3, -0.25) is 4.79 Å². The lowest BCUT2D eigenvalue weighted by Gasteiger charge is -2.30. The maximum atomic E-state index is 13.6. The molecule has 0 aromatic heterocycles. The summed E-state index contributed by atoms with van der Waals surface area (Å²) in [6, 6.07) is 7.03. The summed E-state index contributed by atoms with van der Waals surface area (Å²) in [4.78, 5) is 13.6. The number of rotatable bonds is 5. The summed E-state index contributed by atoms with van der Waals surface area (Å²) < 4.78 is 17.4. The van der Waals surface area contributed by atoms with E-state index in [-0.39, 0.29) is 19.0 Å². The quantitative estimate of drug-likeness (QED) is 0.733. The predicted molar refractivity (Wildman–Crippen MR) is 112 cm³/mol. The number of hydrogen-bond acceptors (Lipinski definition) is 6. The van der Waals surface area contributed by atoms with Gasteiger partial charge in [-0.15, -0.1) is 0 Å². The normalized spacial score (nSPS) is 18.6. The zero-order valence-electron chi connectivity index (χ0n) is 17.4. The van der Waals surface area contributed by atoms with Gasteiger partial charge in [-0.1, -0.05) is 0 Å². The van der Waals surface area contributed by atoms with Crippen molar-refractivity contribution < 1.29 is 29.2 Å². The van der Waals surface area contributed by atoms with Crippen molar-refractivity contribution in [3.63, 3.8) is 0 Å². The van der Waals surface area contributed by atoms with Crippen LogP contribution in [0.15, 0.2) is 30.3 Å². The highest BCUT2D eigenvalue weighted by Gasteiger charge is 2.33. The Kier molecular flexibility index (Phi) is 5.30. The van der Waals surface area contributed by atoms with Crippen LogP contribution in [0, 0.1) is 0 Å². The van der Waals surface area contributed by atoms with Crippen molar-refractivity contribution in [2.24, 2.45) is 0 Å². The van der Waals surface area contributed by atoms with Crippen LogP contribution in [0.3, 0.4) is 0 Å². The minimum absolute atomic E-state index is 0.0712. The molecule has 0 radical (unpaired) electrons. The number of aliphatic hydroxyl groups excluding tert-OH is 2. The first-order chi connectivity index (χ1) is 14.4. The Balaban J connectivity index is 1.77. The molecule has 0 fully saturated rings. The van der Waals surface area contributed by atoms with Gasteiger partial charge in [-0.05, 0) is 67.8 Å². The lowest BCUT2D eigenvalue weighted by atomic mass is 9.83. The summed E-state index contributed by atoms with van der Waals surface area (Å²) in [5.74, 6) is 1.24. The molecule has 0 bridgehead atoms. The number of ether oxygens (including phenoxy) is 3. The lowest BCUT2D eigenvalue weighted by molar-refractivity contribution is 0.0929. The van der Waals surface area contributed by atoms with Crippen molar-refractivity contribution in [3.05, 3.63) is 58.2 Å². The van der Waals surface area contributed by atoms with Gasteiger partial charge >= 0.3 is 0 Å². The molecule has 2 aliphatic heterocycles. The van der Waals surface area contributed by atoms with Crippen molar-refractivity contribution in [2.45, 2.75) is 45.0 Å². The second kappa shape index (κ2) is 7.78. The van der Waals surface area contributed by atoms with Crippen LogP contribution in [0.25, 0.3) is 6.08 Å². The van der Waals surface area contributed by atoms with Crippen LogP contribution in [-0.4, -0.2) is 35.3 Å². The highest BCUT2D eigenvalue weighted by Crippen LogP contribution is 2.43. The molecular formula is C24H26O6. The van der Waals surface area contributed by atoms with Crippen molar-refractivity contribution in [1.29, 1.82) is 0 Å². The number of Topliss-reactive ketones (excluding diaryl/α,β-unsaturated/α-hetero) is 1. The SMILES string of the molecule is COc1c(C(=O)C2CCOc3cc(CO)c(CO)cc32)ccc2c1C=CC(C)(C)O2. The van der Waals surface area contributed by atoms with E-state index < -0.39 is 11.5 Å². The van der Waals surface area contributed by atoms with Gasteiger partial charge in [0, 0.05) is 5.56 Å². The second-order valence-corrected chi connectivity index (χ2v) is 8.13. The van der Waals surface area contributed by atoms with Gasteiger partial charge in [0.15, 0.2) is 5.78 Å². The van der Waals surface area contributed by atoms with Crippen molar-refractivity contribution in [3.8, 4) is 17.2 Å². The van der Waals surface area contributed by atoms with E-state index in [1.807, 2.05) is 32.1 Å². The number of ketones is 1. The van der Waals surface area contributed by atoms with Crippen molar-refractivity contribution in [2.75, 3.05) is 13.7 Å². The van der Waals surface area contributed by atoms with E-state index in [9.17, 15) is 15.0 Å². The number of benzene rings is 2. The van der Waals surface area contributed by atoms with Crippen LogP contribution < -0.4 is 14.2 Å². The third kappa shape index (κ3) is 3.46. The number of fused-ring (bicyclic) bond motifs is 2. The molecule has 0 spiro atoms. The van der Waals surface area contributed by atoms with Crippen molar-refractivity contribution >= 4 is 11.9 Å². The Morgan fingerprint density at radius 1 is 1.17 bits per heavy atom. The average Bonchev–Trinajstić information content (AvgIpc) is 2.75. The fourth-order valence-corrected chi connectivity index (χ4v) is 4.12. The first-order valence-electron chi connectivity index (χ1n) is 10.0.